The van der Waals surface area contributed by atoms with Crippen LogP contribution in [0.4, 0.5) is 0 Å². The van der Waals surface area contributed by atoms with Crippen LogP contribution < -0.4 is 0 Å². The van der Waals surface area contributed by atoms with Crippen LogP contribution in [0, 0.1) is 5.92 Å². The summed E-state index contributed by atoms with van der Waals surface area (Å²) >= 11 is 12.2. The smallest absolute Gasteiger partial charge is 0.136 e. The number of carbonyl (C=O) groups is 1. The van der Waals surface area contributed by atoms with Gasteiger partial charge in [-0.15, -0.1) is 0 Å². The molecule has 1 aromatic carbocycles. The molecular formula is C13H14Cl2O. The Kier molecular flexibility index (Phi) is 3.88. The van der Waals surface area contributed by atoms with Crippen LogP contribution in [0.1, 0.15) is 31.2 Å². The highest BCUT2D eigenvalue weighted by Gasteiger charge is 2.23. The van der Waals surface area contributed by atoms with Crippen molar-refractivity contribution in [3.63, 3.8) is 0 Å². The van der Waals surface area contributed by atoms with Gasteiger partial charge in [0.25, 0.3) is 0 Å². The molecule has 1 atom stereocenters. The van der Waals surface area contributed by atoms with Gasteiger partial charge >= 0.3 is 0 Å². The Labute approximate surface area is 106 Å². The molecule has 1 unspecified atom stereocenters. The first-order chi connectivity index (χ1) is 7.68. The molecule has 1 aliphatic rings. The third-order valence-electron chi connectivity index (χ3n) is 3.19. The van der Waals surface area contributed by atoms with Gasteiger partial charge in [-0.2, -0.15) is 0 Å². The fraction of sp³-hybridized carbons (Fsp3) is 0.462. The monoisotopic (exact) mass is 256 g/mol. The fourth-order valence-electron chi connectivity index (χ4n) is 2.24. The van der Waals surface area contributed by atoms with Crippen LogP contribution in [0.15, 0.2) is 18.2 Å². The molecule has 1 aromatic rings. The van der Waals surface area contributed by atoms with E-state index in [9.17, 15) is 4.79 Å². The number of Topliss-reactive ketones (excluding diaryl/α,β-unsaturated/α-hetero) is 1. The summed E-state index contributed by atoms with van der Waals surface area (Å²) in [5.41, 5.74) is 0.922. The predicted molar refractivity (Wildman–Crippen MR) is 67.1 cm³/mol. The van der Waals surface area contributed by atoms with Crippen molar-refractivity contribution in [1.29, 1.82) is 0 Å². The summed E-state index contributed by atoms with van der Waals surface area (Å²) in [6, 6.07) is 5.49. The van der Waals surface area contributed by atoms with E-state index in [-0.39, 0.29) is 5.92 Å². The van der Waals surface area contributed by atoms with Crippen LogP contribution in [0.25, 0.3) is 0 Å². The SMILES string of the molecule is O=C1CCCCC1Cc1c(Cl)cccc1Cl. The van der Waals surface area contributed by atoms with E-state index in [0.29, 0.717) is 28.7 Å². The highest BCUT2D eigenvalue weighted by atomic mass is 35.5. The second kappa shape index (κ2) is 5.20. The molecule has 0 radical (unpaired) electrons. The Morgan fingerprint density at radius 3 is 2.50 bits per heavy atom. The summed E-state index contributed by atoms with van der Waals surface area (Å²) in [7, 11) is 0. The van der Waals surface area contributed by atoms with E-state index >= 15 is 0 Å². The first-order valence-corrected chi connectivity index (χ1v) is 6.39. The van der Waals surface area contributed by atoms with Crippen LogP contribution in [0.2, 0.25) is 10.0 Å². The number of carbonyl (C=O) groups excluding carboxylic acids is 1. The maximum atomic E-state index is 11.7. The maximum absolute atomic E-state index is 11.7. The zero-order valence-corrected chi connectivity index (χ0v) is 10.5. The molecule has 2 rings (SSSR count). The number of halogens is 2. The second-order valence-electron chi connectivity index (χ2n) is 4.31. The molecule has 16 heavy (non-hydrogen) atoms. The minimum absolute atomic E-state index is 0.117. The first-order valence-electron chi connectivity index (χ1n) is 5.64. The fourth-order valence-corrected chi connectivity index (χ4v) is 2.80. The van der Waals surface area contributed by atoms with E-state index in [4.69, 9.17) is 23.2 Å². The molecule has 0 aliphatic heterocycles. The molecule has 0 heterocycles. The van der Waals surface area contributed by atoms with E-state index in [0.717, 1.165) is 24.8 Å². The average molecular weight is 257 g/mol. The molecule has 0 saturated heterocycles. The number of rotatable bonds is 2. The van der Waals surface area contributed by atoms with Gasteiger partial charge in [0.2, 0.25) is 0 Å². The number of ketones is 1. The summed E-state index contributed by atoms with van der Waals surface area (Å²) in [5.74, 6) is 0.480. The van der Waals surface area contributed by atoms with Crippen molar-refractivity contribution in [1.82, 2.24) is 0 Å². The largest absolute Gasteiger partial charge is 0.299 e. The lowest BCUT2D eigenvalue weighted by Crippen LogP contribution is -2.21. The molecule has 0 amide bonds. The molecule has 0 aromatic heterocycles. The van der Waals surface area contributed by atoms with Crippen LogP contribution in [-0.2, 0) is 11.2 Å². The molecule has 1 fully saturated rings. The van der Waals surface area contributed by atoms with Gasteiger partial charge in [0.1, 0.15) is 5.78 Å². The van der Waals surface area contributed by atoms with Crippen LogP contribution in [0.5, 0.6) is 0 Å². The standard InChI is InChI=1S/C13H14Cl2O/c14-11-5-3-6-12(15)10(11)8-9-4-1-2-7-13(9)16/h3,5-6,9H,1-2,4,7-8H2. The predicted octanol–water partition coefficient (Wildman–Crippen LogP) is 4.30. The summed E-state index contributed by atoms with van der Waals surface area (Å²) in [4.78, 5) is 11.7. The first kappa shape index (κ1) is 11.9. The van der Waals surface area contributed by atoms with Crippen molar-refractivity contribution < 1.29 is 4.79 Å². The minimum atomic E-state index is 0.117. The number of hydrogen-bond acceptors (Lipinski definition) is 1. The zero-order valence-electron chi connectivity index (χ0n) is 9.01. The molecule has 0 bridgehead atoms. The molecule has 1 aliphatic carbocycles. The second-order valence-corrected chi connectivity index (χ2v) is 5.13. The molecule has 86 valence electrons. The maximum Gasteiger partial charge on any atom is 0.136 e. The molecule has 1 nitrogen and oxygen atoms in total. The van der Waals surface area contributed by atoms with Gasteiger partial charge < -0.3 is 0 Å². The van der Waals surface area contributed by atoms with Crippen LogP contribution in [-0.4, -0.2) is 5.78 Å². The van der Waals surface area contributed by atoms with Crippen molar-refractivity contribution in [2.75, 3.05) is 0 Å². The van der Waals surface area contributed by atoms with Gasteiger partial charge in [-0.05, 0) is 37.0 Å². The Hall–Kier alpha value is -0.530. The van der Waals surface area contributed by atoms with E-state index in [1.165, 1.54) is 0 Å². The van der Waals surface area contributed by atoms with Gasteiger partial charge in [0, 0.05) is 22.4 Å². The van der Waals surface area contributed by atoms with E-state index < -0.39 is 0 Å². The van der Waals surface area contributed by atoms with Crippen molar-refractivity contribution in [3.05, 3.63) is 33.8 Å². The average Bonchev–Trinajstić information content (AvgIpc) is 2.26. The van der Waals surface area contributed by atoms with Crippen molar-refractivity contribution in [2.45, 2.75) is 32.1 Å². The molecule has 0 N–H and O–H groups in total. The third kappa shape index (κ3) is 2.58. The van der Waals surface area contributed by atoms with Gasteiger partial charge in [-0.25, -0.2) is 0 Å². The Bertz CT molecular complexity index is 381. The highest BCUT2D eigenvalue weighted by molar-refractivity contribution is 6.36. The normalized spacial score (nSPS) is 21.1. The van der Waals surface area contributed by atoms with Gasteiger partial charge in [0.15, 0.2) is 0 Å². The van der Waals surface area contributed by atoms with E-state index in [1.807, 2.05) is 18.2 Å². The topological polar surface area (TPSA) is 17.1 Å². The van der Waals surface area contributed by atoms with Crippen molar-refractivity contribution >= 4 is 29.0 Å². The molecule has 1 saturated carbocycles. The van der Waals surface area contributed by atoms with Gasteiger partial charge in [0.05, 0.1) is 0 Å². The zero-order chi connectivity index (χ0) is 11.5. The van der Waals surface area contributed by atoms with Crippen LogP contribution in [0.3, 0.4) is 0 Å². The summed E-state index contributed by atoms with van der Waals surface area (Å²) in [6.45, 7) is 0. The lowest BCUT2D eigenvalue weighted by Gasteiger charge is -2.21. The third-order valence-corrected chi connectivity index (χ3v) is 3.90. The lowest BCUT2D eigenvalue weighted by molar-refractivity contribution is -0.124. The molecular weight excluding hydrogens is 243 g/mol. The minimum Gasteiger partial charge on any atom is -0.299 e. The Morgan fingerprint density at radius 1 is 1.19 bits per heavy atom. The van der Waals surface area contributed by atoms with E-state index in [1.54, 1.807) is 0 Å². The van der Waals surface area contributed by atoms with Crippen molar-refractivity contribution in [3.8, 4) is 0 Å². The number of benzene rings is 1. The Morgan fingerprint density at radius 2 is 1.88 bits per heavy atom. The summed E-state index contributed by atoms with van der Waals surface area (Å²) in [6.07, 6.45) is 4.55. The molecule has 3 heteroatoms. The highest BCUT2D eigenvalue weighted by Crippen LogP contribution is 2.31. The van der Waals surface area contributed by atoms with Crippen molar-refractivity contribution in [2.24, 2.45) is 5.92 Å². The Balaban J connectivity index is 2.16. The lowest BCUT2D eigenvalue weighted by atomic mass is 9.84. The molecule has 0 spiro atoms. The van der Waals surface area contributed by atoms with Gasteiger partial charge in [-0.3, -0.25) is 4.79 Å². The summed E-state index contributed by atoms with van der Waals surface area (Å²) in [5, 5.41) is 1.34. The van der Waals surface area contributed by atoms with E-state index in [2.05, 4.69) is 0 Å². The van der Waals surface area contributed by atoms with Gasteiger partial charge in [-0.1, -0.05) is 35.7 Å². The number of hydrogen-bond donors (Lipinski definition) is 0. The summed E-state index contributed by atoms with van der Waals surface area (Å²) < 4.78 is 0. The quantitative estimate of drug-likeness (QED) is 0.772. The van der Waals surface area contributed by atoms with Crippen LogP contribution >= 0.6 is 23.2 Å².